The molecule has 5 nitrogen and oxygen atoms in total. The van der Waals surface area contributed by atoms with E-state index in [0.29, 0.717) is 0 Å². The second-order valence-electron chi connectivity index (χ2n) is 2.53. The molecule has 0 unspecified atom stereocenters. The Kier molecular flexibility index (Phi) is 2.69. The molecule has 0 aliphatic rings. The Balaban J connectivity index is 3.04. The van der Waals surface area contributed by atoms with Crippen LogP contribution in [0.1, 0.15) is 10.4 Å². The molecule has 0 bridgehead atoms. The zero-order valence-electron chi connectivity index (χ0n) is 7.21. The number of aromatic nitrogens is 1. The number of hydrogen-bond donors (Lipinski definition) is 2. The summed E-state index contributed by atoms with van der Waals surface area (Å²) in [6.07, 6.45) is -4.89. The average Bonchev–Trinajstić information content (AvgIpc) is 1.99. The van der Waals surface area contributed by atoms with Crippen LogP contribution in [0.3, 0.4) is 0 Å². The van der Waals surface area contributed by atoms with E-state index in [1.165, 1.54) is 0 Å². The first kappa shape index (κ1) is 11.1. The molecule has 0 spiro atoms. The molecular weight excluding hydrogens is 215 g/mol. The van der Waals surface area contributed by atoms with Crippen molar-refractivity contribution in [3.05, 3.63) is 17.7 Å². The third kappa shape index (κ3) is 3.33. The van der Waals surface area contributed by atoms with Crippen molar-refractivity contribution in [1.82, 2.24) is 4.98 Å². The number of carbonyl (C=O) groups is 1. The van der Waals surface area contributed by atoms with Crippen molar-refractivity contribution in [3.63, 3.8) is 0 Å². The van der Waals surface area contributed by atoms with E-state index in [2.05, 4.69) is 9.72 Å². The number of primary amides is 1. The minimum absolute atomic E-state index is 0.207. The fraction of sp³-hybridized carbons (Fsp3) is 0.143. The lowest BCUT2D eigenvalue weighted by Crippen LogP contribution is -2.19. The van der Waals surface area contributed by atoms with Crippen LogP contribution in [-0.2, 0) is 0 Å². The van der Waals surface area contributed by atoms with Crippen LogP contribution in [0.5, 0.6) is 5.88 Å². The number of nitrogens with two attached hydrogens (primary N) is 2. The summed E-state index contributed by atoms with van der Waals surface area (Å²) in [5, 5.41) is 0. The van der Waals surface area contributed by atoms with Gasteiger partial charge < -0.3 is 16.2 Å². The maximum absolute atomic E-state index is 11.8. The van der Waals surface area contributed by atoms with Gasteiger partial charge in [0.25, 0.3) is 0 Å². The average molecular weight is 221 g/mol. The molecule has 0 aliphatic carbocycles. The molecule has 1 aromatic rings. The van der Waals surface area contributed by atoms with E-state index >= 15 is 0 Å². The number of carbonyl (C=O) groups excluding carboxylic acids is 1. The summed E-state index contributed by atoms with van der Waals surface area (Å²) in [4.78, 5) is 13.9. The van der Waals surface area contributed by atoms with Gasteiger partial charge in [-0.15, -0.1) is 13.2 Å². The molecule has 1 rings (SSSR count). The number of hydrogen-bond acceptors (Lipinski definition) is 4. The van der Waals surface area contributed by atoms with Crippen LogP contribution in [0.4, 0.5) is 19.0 Å². The topological polar surface area (TPSA) is 91.2 Å². The molecule has 0 radical (unpaired) electrons. The molecule has 1 amide bonds. The van der Waals surface area contributed by atoms with Crippen LogP contribution < -0.4 is 16.2 Å². The molecule has 0 fully saturated rings. The van der Waals surface area contributed by atoms with E-state index < -0.39 is 18.1 Å². The van der Waals surface area contributed by atoms with Crippen molar-refractivity contribution >= 4 is 11.7 Å². The van der Waals surface area contributed by atoms with E-state index in [-0.39, 0.29) is 11.4 Å². The van der Waals surface area contributed by atoms with E-state index in [9.17, 15) is 18.0 Å². The lowest BCUT2D eigenvalue weighted by Gasteiger charge is -2.08. The van der Waals surface area contributed by atoms with Crippen LogP contribution in [0.2, 0.25) is 0 Å². The SMILES string of the molecule is NC(=O)c1cc(N)nc(OC(F)(F)F)c1. The standard InChI is InChI=1S/C7H6F3N3O2/c8-7(9,10)15-5-2-3(6(12)14)1-4(11)13-5/h1-2H,(H2,11,13)(H2,12,14). The van der Waals surface area contributed by atoms with Gasteiger partial charge >= 0.3 is 6.36 Å². The first-order chi connectivity index (χ1) is 6.78. The largest absolute Gasteiger partial charge is 0.574 e. The molecule has 0 atom stereocenters. The Morgan fingerprint density at radius 2 is 2.00 bits per heavy atom. The summed E-state index contributed by atoms with van der Waals surface area (Å²) in [6.45, 7) is 0. The summed E-state index contributed by atoms with van der Waals surface area (Å²) in [7, 11) is 0. The van der Waals surface area contributed by atoms with E-state index in [1.54, 1.807) is 0 Å². The van der Waals surface area contributed by atoms with Crippen molar-refractivity contribution < 1.29 is 22.7 Å². The maximum Gasteiger partial charge on any atom is 0.574 e. The highest BCUT2D eigenvalue weighted by atomic mass is 19.4. The van der Waals surface area contributed by atoms with Crippen LogP contribution >= 0.6 is 0 Å². The predicted octanol–water partition coefficient (Wildman–Crippen LogP) is 0.661. The zero-order valence-corrected chi connectivity index (χ0v) is 7.21. The number of rotatable bonds is 2. The Morgan fingerprint density at radius 3 is 2.47 bits per heavy atom. The van der Waals surface area contributed by atoms with Crippen molar-refractivity contribution in [2.45, 2.75) is 6.36 Å². The Morgan fingerprint density at radius 1 is 1.40 bits per heavy atom. The monoisotopic (exact) mass is 221 g/mol. The second kappa shape index (κ2) is 3.64. The number of anilines is 1. The minimum Gasteiger partial charge on any atom is -0.388 e. The van der Waals surface area contributed by atoms with Crippen molar-refractivity contribution in [1.29, 1.82) is 0 Å². The molecule has 4 N–H and O–H groups in total. The van der Waals surface area contributed by atoms with Crippen LogP contribution in [0.15, 0.2) is 12.1 Å². The maximum atomic E-state index is 11.8. The van der Waals surface area contributed by atoms with Crippen molar-refractivity contribution in [2.75, 3.05) is 5.73 Å². The highest BCUT2D eigenvalue weighted by Gasteiger charge is 2.32. The fourth-order valence-electron chi connectivity index (χ4n) is 0.839. The molecule has 82 valence electrons. The summed E-state index contributed by atoms with van der Waals surface area (Å²) < 4.78 is 38.8. The molecular formula is C7H6F3N3O2. The lowest BCUT2D eigenvalue weighted by atomic mass is 10.2. The molecule has 0 aromatic carbocycles. The smallest absolute Gasteiger partial charge is 0.388 e. The molecule has 8 heteroatoms. The van der Waals surface area contributed by atoms with E-state index in [1.807, 2.05) is 0 Å². The highest BCUT2D eigenvalue weighted by molar-refractivity contribution is 5.93. The third-order valence-corrected chi connectivity index (χ3v) is 1.33. The van der Waals surface area contributed by atoms with Gasteiger partial charge in [0.05, 0.1) is 0 Å². The van der Waals surface area contributed by atoms with Crippen LogP contribution in [0, 0.1) is 0 Å². The van der Waals surface area contributed by atoms with Gasteiger partial charge in [-0.25, -0.2) is 0 Å². The number of halogens is 3. The minimum atomic E-state index is -4.89. The third-order valence-electron chi connectivity index (χ3n) is 1.33. The van der Waals surface area contributed by atoms with Gasteiger partial charge in [0.2, 0.25) is 11.8 Å². The predicted molar refractivity (Wildman–Crippen MR) is 43.9 cm³/mol. The zero-order chi connectivity index (χ0) is 11.6. The number of alkyl halides is 3. The van der Waals surface area contributed by atoms with Crippen LogP contribution in [-0.4, -0.2) is 17.3 Å². The number of pyridine rings is 1. The van der Waals surface area contributed by atoms with E-state index in [4.69, 9.17) is 11.5 Å². The number of nitrogens with zero attached hydrogens (tertiary/aromatic N) is 1. The van der Waals surface area contributed by atoms with Gasteiger partial charge in [-0.05, 0) is 6.07 Å². The second-order valence-corrected chi connectivity index (χ2v) is 2.53. The molecule has 0 saturated heterocycles. The lowest BCUT2D eigenvalue weighted by molar-refractivity contribution is -0.276. The first-order valence-corrected chi connectivity index (χ1v) is 3.61. The van der Waals surface area contributed by atoms with Gasteiger partial charge in [-0.3, -0.25) is 4.79 Å². The summed E-state index contributed by atoms with van der Waals surface area (Å²) >= 11 is 0. The Hall–Kier alpha value is -1.99. The summed E-state index contributed by atoms with van der Waals surface area (Å²) in [5.41, 5.74) is 9.80. The molecule has 1 aromatic heterocycles. The summed E-state index contributed by atoms with van der Waals surface area (Å²) in [5.74, 6) is -2.03. The van der Waals surface area contributed by atoms with Crippen molar-refractivity contribution in [3.8, 4) is 5.88 Å². The molecule has 1 heterocycles. The number of nitrogen functional groups attached to an aromatic ring is 1. The quantitative estimate of drug-likeness (QED) is 0.767. The van der Waals surface area contributed by atoms with Crippen molar-refractivity contribution in [2.24, 2.45) is 5.73 Å². The van der Waals surface area contributed by atoms with Crippen LogP contribution in [0.25, 0.3) is 0 Å². The fourth-order valence-corrected chi connectivity index (χ4v) is 0.839. The number of amides is 1. The van der Waals surface area contributed by atoms with Gasteiger partial charge in [-0.1, -0.05) is 0 Å². The molecule has 0 aliphatic heterocycles. The first-order valence-electron chi connectivity index (χ1n) is 3.61. The highest BCUT2D eigenvalue weighted by Crippen LogP contribution is 2.22. The van der Waals surface area contributed by atoms with Gasteiger partial charge in [0.1, 0.15) is 5.82 Å². The molecule has 15 heavy (non-hydrogen) atoms. The Bertz CT molecular complexity index is 392. The summed E-state index contributed by atoms with van der Waals surface area (Å²) in [6, 6.07) is 1.80. The van der Waals surface area contributed by atoms with E-state index in [0.717, 1.165) is 12.1 Å². The van der Waals surface area contributed by atoms with Gasteiger partial charge in [0, 0.05) is 11.6 Å². The number of ether oxygens (including phenoxy) is 1. The van der Waals surface area contributed by atoms with Gasteiger partial charge in [-0.2, -0.15) is 4.98 Å². The normalized spacial score (nSPS) is 11.1. The van der Waals surface area contributed by atoms with Gasteiger partial charge in [0.15, 0.2) is 0 Å². The molecule has 0 saturated carbocycles. The Labute approximate surface area is 81.8 Å².